The van der Waals surface area contributed by atoms with Gasteiger partial charge < -0.3 is 20.3 Å². The van der Waals surface area contributed by atoms with E-state index in [9.17, 15) is 15.0 Å². The highest BCUT2D eigenvalue weighted by atomic mass is 16.5. The van der Waals surface area contributed by atoms with Gasteiger partial charge in [-0.1, -0.05) is 6.07 Å². The Morgan fingerprint density at radius 1 is 1.42 bits per heavy atom. The fourth-order valence-electron chi connectivity index (χ4n) is 1.38. The van der Waals surface area contributed by atoms with Gasteiger partial charge in [0.25, 0.3) is 0 Å². The number of benzene rings is 1. The molecule has 0 spiro atoms. The van der Waals surface area contributed by atoms with E-state index < -0.39 is 17.5 Å². The van der Waals surface area contributed by atoms with Crippen molar-refractivity contribution in [1.29, 1.82) is 0 Å². The number of hydrogen-bond donors (Lipinski definition) is 3. The molecular formula is C14H21NO4. The number of nitrogens with one attached hydrogen (secondary N) is 1. The van der Waals surface area contributed by atoms with Crippen molar-refractivity contribution in [3.05, 3.63) is 23.8 Å². The van der Waals surface area contributed by atoms with Crippen LogP contribution in [0.25, 0.3) is 0 Å². The molecule has 0 amide bonds. The van der Waals surface area contributed by atoms with E-state index in [1.165, 1.54) is 12.1 Å². The van der Waals surface area contributed by atoms with Crippen molar-refractivity contribution in [2.45, 2.75) is 26.9 Å². The normalized spacial score (nSPS) is 13.1. The largest absolute Gasteiger partial charge is 0.504 e. The number of carbonyl (C=O) groups excluding carboxylic acids is 1. The van der Waals surface area contributed by atoms with E-state index >= 15 is 0 Å². The van der Waals surface area contributed by atoms with Gasteiger partial charge in [-0.25, -0.2) is 0 Å². The van der Waals surface area contributed by atoms with Crippen LogP contribution < -0.4 is 10.1 Å². The molecule has 106 valence electrons. The molecule has 5 nitrogen and oxygen atoms in total. The van der Waals surface area contributed by atoms with E-state index in [4.69, 9.17) is 4.74 Å². The Morgan fingerprint density at radius 2 is 2.05 bits per heavy atom. The van der Waals surface area contributed by atoms with Gasteiger partial charge in [-0.3, -0.25) is 4.79 Å². The van der Waals surface area contributed by atoms with Crippen LogP contribution in [0.1, 0.15) is 32.4 Å². The molecule has 0 heterocycles. The Morgan fingerprint density at radius 3 is 2.58 bits per heavy atom. The van der Waals surface area contributed by atoms with Crippen LogP contribution in [-0.2, 0) is 4.79 Å². The van der Waals surface area contributed by atoms with Gasteiger partial charge in [0, 0.05) is 6.54 Å². The molecule has 0 saturated carbocycles. The summed E-state index contributed by atoms with van der Waals surface area (Å²) in [5, 5.41) is 22.4. The molecule has 0 aliphatic carbocycles. The number of likely N-dealkylation sites (N-methyl/N-ethyl adjacent to an activating group) is 1. The van der Waals surface area contributed by atoms with Gasteiger partial charge in [0.2, 0.25) is 0 Å². The lowest BCUT2D eigenvalue weighted by atomic mass is 9.97. The summed E-state index contributed by atoms with van der Waals surface area (Å²) in [5.74, 6) is -0.506. The van der Waals surface area contributed by atoms with Crippen molar-refractivity contribution in [3.63, 3.8) is 0 Å². The fourth-order valence-corrected chi connectivity index (χ4v) is 1.38. The number of hydrogen-bond acceptors (Lipinski definition) is 5. The van der Waals surface area contributed by atoms with Crippen LogP contribution in [0.2, 0.25) is 0 Å². The zero-order valence-corrected chi connectivity index (χ0v) is 11.7. The SMILES string of the molecule is CNCC(O)c1ccc(O)c(OC(=O)C(C)(C)C)c1. The topological polar surface area (TPSA) is 78.8 Å². The predicted molar refractivity (Wildman–Crippen MR) is 72.1 cm³/mol. The van der Waals surface area contributed by atoms with Gasteiger partial charge in [-0.2, -0.15) is 0 Å². The van der Waals surface area contributed by atoms with Crippen LogP contribution in [-0.4, -0.2) is 29.8 Å². The summed E-state index contributed by atoms with van der Waals surface area (Å²) < 4.78 is 5.16. The average molecular weight is 267 g/mol. The molecule has 0 aromatic heterocycles. The maximum atomic E-state index is 11.8. The number of rotatable bonds is 4. The van der Waals surface area contributed by atoms with Crippen molar-refractivity contribution in [3.8, 4) is 11.5 Å². The zero-order valence-electron chi connectivity index (χ0n) is 11.7. The third-order valence-electron chi connectivity index (χ3n) is 2.58. The smallest absolute Gasteiger partial charge is 0.316 e. The van der Waals surface area contributed by atoms with E-state index in [0.29, 0.717) is 12.1 Å². The Labute approximate surface area is 113 Å². The van der Waals surface area contributed by atoms with Crippen LogP contribution in [0, 0.1) is 5.41 Å². The summed E-state index contributed by atoms with van der Waals surface area (Å²) in [6, 6.07) is 4.46. The first kappa shape index (κ1) is 15.5. The Balaban J connectivity index is 2.95. The molecule has 19 heavy (non-hydrogen) atoms. The molecule has 1 rings (SSSR count). The van der Waals surface area contributed by atoms with Crippen LogP contribution in [0.5, 0.6) is 11.5 Å². The highest BCUT2D eigenvalue weighted by Crippen LogP contribution is 2.31. The maximum absolute atomic E-state index is 11.8. The van der Waals surface area contributed by atoms with Crippen LogP contribution in [0.4, 0.5) is 0 Å². The van der Waals surface area contributed by atoms with Crippen LogP contribution in [0.15, 0.2) is 18.2 Å². The molecule has 1 atom stereocenters. The molecule has 5 heteroatoms. The quantitative estimate of drug-likeness (QED) is 0.570. The zero-order chi connectivity index (χ0) is 14.6. The van der Waals surface area contributed by atoms with E-state index in [0.717, 1.165) is 0 Å². The lowest BCUT2D eigenvalue weighted by Crippen LogP contribution is -2.25. The van der Waals surface area contributed by atoms with Crippen LogP contribution >= 0.6 is 0 Å². The number of carbonyl (C=O) groups is 1. The van der Waals surface area contributed by atoms with Gasteiger partial charge in [0.15, 0.2) is 11.5 Å². The first-order valence-corrected chi connectivity index (χ1v) is 6.13. The first-order chi connectivity index (χ1) is 8.75. The highest BCUT2D eigenvalue weighted by molar-refractivity contribution is 5.78. The molecule has 0 aliphatic rings. The Hall–Kier alpha value is -1.59. The first-order valence-electron chi connectivity index (χ1n) is 6.13. The predicted octanol–water partition coefficient (Wildman–Crippen LogP) is 1.60. The summed E-state index contributed by atoms with van der Waals surface area (Å²) in [7, 11) is 1.73. The summed E-state index contributed by atoms with van der Waals surface area (Å²) in [4.78, 5) is 11.8. The van der Waals surface area contributed by atoms with Crippen molar-refractivity contribution in [2.75, 3.05) is 13.6 Å². The highest BCUT2D eigenvalue weighted by Gasteiger charge is 2.25. The molecule has 1 aromatic rings. The number of ether oxygens (including phenoxy) is 1. The monoisotopic (exact) mass is 267 g/mol. The molecule has 3 N–H and O–H groups in total. The minimum absolute atomic E-state index is 0.0626. The second kappa shape index (κ2) is 6.04. The minimum Gasteiger partial charge on any atom is -0.504 e. The molecule has 1 unspecified atom stereocenters. The van der Waals surface area contributed by atoms with Gasteiger partial charge in [0.05, 0.1) is 11.5 Å². The number of aliphatic hydroxyl groups excluding tert-OH is 1. The van der Waals surface area contributed by atoms with E-state index in [2.05, 4.69) is 5.32 Å². The number of esters is 1. The lowest BCUT2D eigenvalue weighted by Gasteiger charge is -2.18. The van der Waals surface area contributed by atoms with Gasteiger partial charge in [0.1, 0.15) is 0 Å². The van der Waals surface area contributed by atoms with Gasteiger partial charge in [-0.15, -0.1) is 0 Å². The number of aromatic hydroxyl groups is 1. The molecule has 0 radical (unpaired) electrons. The third kappa shape index (κ3) is 4.22. The standard InChI is InChI=1S/C14H21NO4/c1-14(2,3)13(18)19-12-7-9(5-6-10(12)16)11(17)8-15-4/h5-7,11,15-17H,8H2,1-4H3. The summed E-state index contributed by atoms with van der Waals surface area (Å²) in [6.45, 7) is 5.56. The summed E-state index contributed by atoms with van der Waals surface area (Å²) in [6.07, 6.45) is -0.724. The molecule has 0 aliphatic heterocycles. The van der Waals surface area contributed by atoms with Crippen molar-refractivity contribution >= 4 is 5.97 Å². The third-order valence-corrected chi connectivity index (χ3v) is 2.58. The molecule has 0 saturated heterocycles. The average Bonchev–Trinajstić information content (AvgIpc) is 2.30. The number of aliphatic hydroxyl groups is 1. The maximum Gasteiger partial charge on any atom is 0.316 e. The van der Waals surface area contributed by atoms with E-state index in [1.54, 1.807) is 33.9 Å². The van der Waals surface area contributed by atoms with Crippen molar-refractivity contribution in [2.24, 2.45) is 5.41 Å². The molecular weight excluding hydrogens is 246 g/mol. The molecule has 0 bridgehead atoms. The van der Waals surface area contributed by atoms with Gasteiger partial charge >= 0.3 is 5.97 Å². The fraction of sp³-hybridized carbons (Fsp3) is 0.500. The van der Waals surface area contributed by atoms with E-state index in [1.807, 2.05) is 0 Å². The summed E-state index contributed by atoms with van der Waals surface area (Å²) in [5.41, 5.74) is -0.0877. The van der Waals surface area contributed by atoms with Crippen LogP contribution in [0.3, 0.4) is 0 Å². The Kier molecular flexibility index (Phi) is 4.91. The second-order valence-electron chi connectivity index (χ2n) is 5.44. The number of phenols is 1. The van der Waals surface area contributed by atoms with Gasteiger partial charge in [-0.05, 0) is 45.5 Å². The lowest BCUT2D eigenvalue weighted by molar-refractivity contribution is -0.143. The van der Waals surface area contributed by atoms with Crippen molar-refractivity contribution < 1.29 is 19.7 Å². The molecule has 0 fully saturated rings. The van der Waals surface area contributed by atoms with Crippen molar-refractivity contribution in [1.82, 2.24) is 5.32 Å². The number of phenolic OH excluding ortho intramolecular Hbond substituents is 1. The van der Waals surface area contributed by atoms with E-state index in [-0.39, 0.29) is 11.5 Å². The second-order valence-corrected chi connectivity index (χ2v) is 5.44. The minimum atomic E-state index is -0.724. The summed E-state index contributed by atoms with van der Waals surface area (Å²) >= 11 is 0. The Bertz CT molecular complexity index is 451. The molecule has 1 aromatic carbocycles.